The molecule has 1 N–H and O–H groups in total. The van der Waals surface area contributed by atoms with Gasteiger partial charge in [-0.3, -0.25) is 9.69 Å². The number of amides is 1. The number of piperidine rings is 3. The first-order chi connectivity index (χ1) is 10.6. The molecule has 3 fully saturated rings. The average molecular weight is 298 g/mol. The fourth-order valence-electron chi connectivity index (χ4n) is 4.14. The van der Waals surface area contributed by atoms with Gasteiger partial charge < -0.3 is 9.72 Å². The third-order valence-corrected chi connectivity index (χ3v) is 5.52. The number of rotatable bonds is 2. The van der Waals surface area contributed by atoms with Gasteiger partial charge in [0, 0.05) is 24.0 Å². The Bertz CT molecular complexity index is 712. The molecule has 2 aromatic heterocycles. The summed E-state index contributed by atoms with van der Waals surface area (Å²) in [4.78, 5) is 19.4. The number of carbonyl (C=O) groups is 1. The summed E-state index contributed by atoms with van der Waals surface area (Å²) >= 11 is 0. The molecule has 5 rings (SSSR count). The first kappa shape index (κ1) is 13.8. The zero-order chi connectivity index (χ0) is 15.3. The van der Waals surface area contributed by atoms with Crippen LogP contribution in [0.3, 0.4) is 0 Å². The van der Waals surface area contributed by atoms with Crippen molar-refractivity contribution in [2.45, 2.75) is 38.3 Å². The second-order valence-electron chi connectivity index (χ2n) is 7.04. The van der Waals surface area contributed by atoms with Gasteiger partial charge in [-0.2, -0.15) is 0 Å². The van der Waals surface area contributed by atoms with Gasteiger partial charge in [0.1, 0.15) is 5.69 Å². The van der Waals surface area contributed by atoms with Crippen molar-refractivity contribution in [3.63, 3.8) is 0 Å². The van der Waals surface area contributed by atoms with Crippen molar-refractivity contribution in [1.29, 1.82) is 0 Å². The van der Waals surface area contributed by atoms with Gasteiger partial charge in [0.05, 0.1) is 11.7 Å². The molecule has 0 aliphatic carbocycles. The smallest absolute Gasteiger partial charge is 0.271 e. The average Bonchev–Trinajstić information content (AvgIpc) is 2.98. The van der Waals surface area contributed by atoms with Crippen LogP contribution in [0.25, 0.3) is 5.52 Å². The van der Waals surface area contributed by atoms with Gasteiger partial charge in [-0.25, -0.2) is 4.98 Å². The topological polar surface area (TPSA) is 49.6 Å². The number of carbonyl (C=O) groups excluding carboxylic acids is 1. The molecular formula is C17H22N4O. The maximum Gasteiger partial charge on any atom is 0.271 e. The third-order valence-electron chi connectivity index (χ3n) is 5.52. The second kappa shape index (κ2) is 4.81. The van der Waals surface area contributed by atoms with Crippen molar-refractivity contribution in [1.82, 2.24) is 19.6 Å². The molecule has 2 aromatic rings. The van der Waals surface area contributed by atoms with Crippen molar-refractivity contribution >= 4 is 11.4 Å². The van der Waals surface area contributed by atoms with E-state index in [4.69, 9.17) is 0 Å². The molecule has 5 nitrogen and oxygen atoms in total. The standard InChI is InChI=1S/C17H22N4O/c1-17(2)15(12-5-8-21(17)9-6-12)19-16(22)14-11-20-7-3-4-13(20)10-18-14/h3-4,7,10-12,15H,5-6,8-9H2,1-2H3,(H,19,22). The molecule has 3 aliphatic rings. The van der Waals surface area contributed by atoms with Crippen LogP contribution >= 0.6 is 0 Å². The van der Waals surface area contributed by atoms with E-state index in [1.807, 2.05) is 22.7 Å². The summed E-state index contributed by atoms with van der Waals surface area (Å²) in [5, 5.41) is 3.26. The summed E-state index contributed by atoms with van der Waals surface area (Å²) in [7, 11) is 0. The molecular weight excluding hydrogens is 276 g/mol. The van der Waals surface area contributed by atoms with E-state index in [-0.39, 0.29) is 17.5 Å². The lowest BCUT2D eigenvalue weighted by Crippen LogP contribution is -2.69. The molecule has 5 heteroatoms. The van der Waals surface area contributed by atoms with E-state index in [2.05, 4.69) is 29.0 Å². The first-order valence-electron chi connectivity index (χ1n) is 8.04. The fourth-order valence-corrected chi connectivity index (χ4v) is 4.14. The minimum Gasteiger partial charge on any atom is -0.346 e. The molecule has 0 aromatic carbocycles. The maximum atomic E-state index is 12.6. The molecule has 3 aliphatic heterocycles. The van der Waals surface area contributed by atoms with Crippen molar-refractivity contribution in [2.75, 3.05) is 13.1 Å². The first-order valence-corrected chi connectivity index (χ1v) is 8.04. The van der Waals surface area contributed by atoms with Gasteiger partial charge in [-0.15, -0.1) is 0 Å². The van der Waals surface area contributed by atoms with Crippen molar-refractivity contribution in [3.05, 3.63) is 36.4 Å². The van der Waals surface area contributed by atoms with Crippen LogP contribution in [0.4, 0.5) is 0 Å². The summed E-state index contributed by atoms with van der Waals surface area (Å²) in [6, 6.07) is 4.13. The van der Waals surface area contributed by atoms with Crippen molar-refractivity contribution in [2.24, 2.45) is 5.92 Å². The zero-order valence-electron chi connectivity index (χ0n) is 13.1. The minimum absolute atomic E-state index is 0.0222. The molecule has 116 valence electrons. The van der Waals surface area contributed by atoms with E-state index >= 15 is 0 Å². The maximum absolute atomic E-state index is 12.6. The predicted molar refractivity (Wildman–Crippen MR) is 84.8 cm³/mol. The highest BCUT2D eigenvalue weighted by Gasteiger charge is 2.48. The van der Waals surface area contributed by atoms with Crippen LogP contribution < -0.4 is 5.32 Å². The van der Waals surface area contributed by atoms with E-state index in [0.29, 0.717) is 11.6 Å². The van der Waals surface area contributed by atoms with Crippen LogP contribution in [0.1, 0.15) is 37.2 Å². The summed E-state index contributed by atoms with van der Waals surface area (Å²) in [5.41, 5.74) is 1.50. The van der Waals surface area contributed by atoms with Gasteiger partial charge >= 0.3 is 0 Å². The van der Waals surface area contributed by atoms with Gasteiger partial charge in [0.15, 0.2) is 0 Å². The van der Waals surface area contributed by atoms with Crippen molar-refractivity contribution < 1.29 is 4.79 Å². The fraction of sp³-hybridized carbons (Fsp3) is 0.529. The number of hydrogen-bond donors (Lipinski definition) is 1. The Kier molecular flexibility index (Phi) is 3.01. The summed E-state index contributed by atoms with van der Waals surface area (Å²) < 4.78 is 1.93. The van der Waals surface area contributed by atoms with E-state index in [1.54, 1.807) is 12.4 Å². The Morgan fingerprint density at radius 3 is 2.86 bits per heavy atom. The summed E-state index contributed by atoms with van der Waals surface area (Å²) in [6.45, 7) is 6.78. The highest BCUT2D eigenvalue weighted by Crippen LogP contribution is 2.39. The van der Waals surface area contributed by atoms with Gasteiger partial charge in [0.2, 0.25) is 0 Å². The van der Waals surface area contributed by atoms with Crippen LogP contribution in [0.15, 0.2) is 30.7 Å². The SMILES string of the molecule is CC1(C)C(NC(=O)c2cn3cccc3cn2)C2CCN1CC2. The van der Waals surface area contributed by atoms with E-state index in [0.717, 1.165) is 18.6 Å². The van der Waals surface area contributed by atoms with Gasteiger partial charge in [-0.1, -0.05) is 0 Å². The molecule has 0 spiro atoms. The molecule has 1 unspecified atom stereocenters. The number of hydrogen-bond acceptors (Lipinski definition) is 3. The zero-order valence-corrected chi connectivity index (χ0v) is 13.1. The van der Waals surface area contributed by atoms with Gasteiger partial charge in [0.25, 0.3) is 5.91 Å². The third kappa shape index (κ3) is 2.03. The highest BCUT2D eigenvalue weighted by molar-refractivity contribution is 5.92. The summed E-state index contributed by atoms with van der Waals surface area (Å²) in [5.74, 6) is 0.515. The molecule has 0 saturated carbocycles. The van der Waals surface area contributed by atoms with Crippen LogP contribution in [-0.4, -0.2) is 44.9 Å². The Balaban J connectivity index is 1.58. The molecule has 1 atom stereocenters. The number of aromatic nitrogens is 2. The molecule has 3 saturated heterocycles. The Hall–Kier alpha value is -1.88. The van der Waals surface area contributed by atoms with E-state index < -0.39 is 0 Å². The monoisotopic (exact) mass is 298 g/mol. The normalized spacial score (nSPS) is 29.6. The van der Waals surface area contributed by atoms with Crippen LogP contribution in [0.5, 0.6) is 0 Å². The molecule has 5 heterocycles. The van der Waals surface area contributed by atoms with E-state index in [9.17, 15) is 4.79 Å². The lowest BCUT2D eigenvalue weighted by Gasteiger charge is -2.56. The number of nitrogens with zero attached hydrogens (tertiary/aromatic N) is 3. The van der Waals surface area contributed by atoms with Crippen LogP contribution in [0.2, 0.25) is 0 Å². The number of nitrogens with one attached hydrogen (secondary N) is 1. The Morgan fingerprint density at radius 1 is 1.36 bits per heavy atom. The molecule has 2 bridgehead atoms. The summed E-state index contributed by atoms with van der Waals surface area (Å²) in [6.07, 6.45) is 7.85. The van der Waals surface area contributed by atoms with Crippen molar-refractivity contribution in [3.8, 4) is 0 Å². The lowest BCUT2D eigenvalue weighted by molar-refractivity contribution is -0.0378. The lowest BCUT2D eigenvalue weighted by atomic mass is 9.72. The second-order valence-corrected chi connectivity index (χ2v) is 7.04. The Labute approximate surface area is 130 Å². The van der Waals surface area contributed by atoms with Crippen LogP contribution in [-0.2, 0) is 0 Å². The quantitative estimate of drug-likeness (QED) is 0.922. The predicted octanol–water partition coefficient (Wildman–Crippen LogP) is 1.94. The minimum atomic E-state index is -0.0672. The van der Waals surface area contributed by atoms with E-state index in [1.165, 1.54) is 12.8 Å². The molecule has 22 heavy (non-hydrogen) atoms. The molecule has 0 radical (unpaired) electrons. The highest BCUT2D eigenvalue weighted by atomic mass is 16.2. The van der Waals surface area contributed by atoms with Crippen LogP contribution in [0, 0.1) is 5.92 Å². The Morgan fingerprint density at radius 2 is 2.14 bits per heavy atom. The largest absolute Gasteiger partial charge is 0.346 e. The number of fused-ring (bicyclic) bond motifs is 4. The molecule has 1 amide bonds. The van der Waals surface area contributed by atoms with Gasteiger partial charge in [-0.05, 0) is 57.8 Å².